The Kier molecular flexibility index (Phi) is 4.25. The Morgan fingerprint density at radius 2 is 2.19 bits per heavy atom. The molecule has 112 valence electrons. The lowest BCUT2D eigenvalue weighted by molar-refractivity contribution is 0.288. The van der Waals surface area contributed by atoms with E-state index >= 15 is 0 Å². The molecule has 21 heavy (non-hydrogen) atoms. The van der Waals surface area contributed by atoms with E-state index in [1.807, 2.05) is 31.7 Å². The van der Waals surface area contributed by atoms with Gasteiger partial charge in [0.15, 0.2) is 0 Å². The van der Waals surface area contributed by atoms with Crippen molar-refractivity contribution >= 4 is 0 Å². The predicted molar refractivity (Wildman–Crippen MR) is 83.4 cm³/mol. The first-order valence-corrected chi connectivity index (χ1v) is 7.73. The van der Waals surface area contributed by atoms with Gasteiger partial charge >= 0.3 is 0 Å². The van der Waals surface area contributed by atoms with Gasteiger partial charge in [-0.15, -0.1) is 0 Å². The molecule has 0 amide bonds. The summed E-state index contributed by atoms with van der Waals surface area (Å²) in [4.78, 5) is 4.26. The van der Waals surface area contributed by atoms with Crippen LogP contribution in [0.1, 0.15) is 49.5 Å². The van der Waals surface area contributed by atoms with Crippen molar-refractivity contribution in [3.63, 3.8) is 0 Å². The van der Waals surface area contributed by atoms with E-state index in [1.54, 1.807) is 0 Å². The number of ether oxygens (including phenoxy) is 1. The molecule has 0 bridgehead atoms. The van der Waals surface area contributed by atoms with Gasteiger partial charge in [-0.25, -0.2) is 4.98 Å². The summed E-state index contributed by atoms with van der Waals surface area (Å²) < 4.78 is 8.33. The molecular formula is C17H23N3O. The number of hydrogen-bond donors (Lipinski definition) is 1. The van der Waals surface area contributed by atoms with E-state index < -0.39 is 0 Å². The third kappa shape index (κ3) is 3.10. The van der Waals surface area contributed by atoms with Gasteiger partial charge in [0.25, 0.3) is 0 Å². The van der Waals surface area contributed by atoms with Crippen LogP contribution in [0.25, 0.3) is 0 Å². The van der Waals surface area contributed by atoms with Gasteiger partial charge in [-0.2, -0.15) is 0 Å². The highest BCUT2D eigenvalue weighted by Crippen LogP contribution is 2.36. The number of para-hydroxylation sites is 1. The molecule has 1 atom stereocenters. The summed E-state index contributed by atoms with van der Waals surface area (Å²) in [5.41, 5.74) is 2.38. The largest absolute Gasteiger partial charge is 0.487 e. The predicted octanol–water partition coefficient (Wildman–Crippen LogP) is 3.47. The molecule has 0 spiro atoms. The molecule has 1 saturated carbocycles. The van der Waals surface area contributed by atoms with Crippen molar-refractivity contribution in [3.8, 4) is 5.75 Å². The highest BCUT2D eigenvalue weighted by Gasteiger charge is 2.25. The highest BCUT2D eigenvalue weighted by molar-refractivity contribution is 5.36. The Labute approximate surface area is 126 Å². The summed E-state index contributed by atoms with van der Waals surface area (Å²) in [6.07, 6.45) is 7.40. The second-order valence-electron chi connectivity index (χ2n) is 5.60. The topological polar surface area (TPSA) is 39.1 Å². The molecule has 1 unspecified atom stereocenters. The van der Waals surface area contributed by atoms with Crippen LogP contribution < -0.4 is 10.1 Å². The Morgan fingerprint density at radius 1 is 1.38 bits per heavy atom. The molecule has 4 nitrogen and oxygen atoms in total. The van der Waals surface area contributed by atoms with Gasteiger partial charge in [0.2, 0.25) is 0 Å². The van der Waals surface area contributed by atoms with Gasteiger partial charge in [-0.1, -0.05) is 25.1 Å². The van der Waals surface area contributed by atoms with Crippen molar-refractivity contribution in [3.05, 3.63) is 48.0 Å². The Hall–Kier alpha value is -1.81. The average Bonchev–Trinajstić information content (AvgIpc) is 3.26. The number of rotatable bonds is 7. The molecule has 1 aromatic heterocycles. The van der Waals surface area contributed by atoms with Crippen LogP contribution in [-0.2, 0) is 6.61 Å². The first-order valence-electron chi connectivity index (χ1n) is 7.73. The van der Waals surface area contributed by atoms with Crippen molar-refractivity contribution in [2.75, 3.05) is 7.05 Å². The first-order chi connectivity index (χ1) is 10.3. The van der Waals surface area contributed by atoms with Gasteiger partial charge in [0, 0.05) is 17.6 Å². The number of benzene rings is 1. The van der Waals surface area contributed by atoms with Crippen LogP contribution >= 0.6 is 0 Å². The van der Waals surface area contributed by atoms with E-state index in [0.29, 0.717) is 18.7 Å². The fourth-order valence-electron chi connectivity index (χ4n) is 2.76. The summed E-state index contributed by atoms with van der Waals surface area (Å²) in [6, 6.07) is 9.25. The van der Waals surface area contributed by atoms with Crippen LogP contribution in [-0.4, -0.2) is 16.6 Å². The standard InChI is InChI=1S/C17H23N3O/c1-3-16(18-2)15-6-4-5-7-17(15)21-11-14-10-19-12-20(14)13-8-9-13/h4-7,10,12-13,16,18H,3,8-9,11H2,1-2H3. The van der Waals surface area contributed by atoms with Gasteiger partial charge in [0.1, 0.15) is 12.4 Å². The van der Waals surface area contributed by atoms with E-state index in [2.05, 4.69) is 33.9 Å². The molecule has 1 fully saturated rings. The number of aromatic nitrogens is 2. The smallest absolute Gasteiger partial charge is 0.130 e. The Bertz CT molecular complexity index is 585. The van der Waals surface area contributed by atoms with Crippen molar-refractivity contribution in [2.45, 2.75) is 44.9 Å². The molecule has 2 aromatic rings. The number of nitrogens with one attached hydrogen (secondary N) is 1. The molecule has 1 aliphatic rings. The van der Waals surface area contributed by atoms with Gasteiger partial charge in [-0.3, -0.25) is 0 Å². The van der Waals surface area contributed by atoms with Crippen molar-refractivity contribution in [1.82, 2.24) is 14.9 Å². The maximum Gasteiger partial charge on any atom is 0.130 e. The number of nitrogens with zero attached hydrogens (tertiary/aromatic N) is 2. The van der Waals surface area contributed by atoms with Crippen LogP contribution in [0.2, 0.25) is 0 Å². The van der Waals surface area contributed by atoms with Gasteiger partial charge in [0.05, 0.1) is 18.2 Å². The van der Waals surface area contributed by atoms with Crippen LogP contribution in [0, 0.1) is 0 Å². The molecular weight excluding hydrogens is 262 g/mol. The lowest BCUT2D eigenvalue weighted by Crippen LogP contribution is -2.16. The second-order valence-corrected chi connectivity index (χ2v) is 5.60. The van der Waals surface area contributed by atoms with Gasteiger partial charge < -0.3 is 14.6 Å². The highest BCUT2D eigenvalue weighted by atomic mass is 16.5. The monoisotopic (exact) mass is 285 g/mol. The molecule has 3 rings (SSSR count). The van der Waals surface area contributed by atoms with Crippen molar-refractivity contribution in [2.24, 2.45) is 0 Å². The average molecular weight is 285 g/mol. The molecule has 1 heterocycles. The summed E-state index contributed by atoms with van der Waals surface area (Å²) in [7, 11) is 1.99. The summed E-state index contributed by atoms with van der Waals surface area (Å²) >= 11 is 0. The SMILES string of the molecule is CCC(NC)c1ccccc1OCc1cncn1C1CC1. The number of hydrogen-bond acceptors (Lipinski definition) is 3. The quantitative estimate of drug-likeness (QED) is 0.846. The minimum absolute atomic E-state index is 0.328. The fraction of sp³-hybridized carbons (Fsp3) is 0.471. The van der Waals surface area contributed by atoms with E-state index in [1.165, 1.54) is 18.4 Å². The third-order valence-corrected chi connectivity index (χ3v) is 4.11. The molecule has 0 saturated heterocycles. The maximum atomic E-state index is 6.08. The van der Waals surface area contributed by atoms with E-state index in [0.717, 1.165) is 17.9 Å². The minimum atomic E-state index is 0.328. The maximum absolute atomic E-state index is 6.08. The summed E-state index contributed by atoms with van der Waals surface area (Å²) in [5, 5.41) is 3.34. The lowest BCUT2D eigenvalue weighted by Gasteiger charge is -2.19. The lowest BCUT2D eigenvalue weighted by atomic mass is 10.0. The van der Waals surface area contributed by atoms with E-state index in [-0.39, 0.29) is 0 Å². The Balaban J connectivity index is 1.74. The molecule has 0 aliphatic heterocycles. The zero-order valence-electron chi connectivity index (χ0n) is 12.7. The van der Waals surface area contributed by atoms with Crippen molar-refractivity contribution < 1.29 is 4.74 Å². The summed E-state index contributed by atoms with van der Waals surface area (Å²) in [6.45, 7) is 2.76. The van der Waals surface area contributed by atoms with Crippen LogP contribution in [0.5, 0.6) is 5.75 Å². The zero-order chi connectivity index (χ0) is 14.7. The molecule has 0 radical (unpaired) electrons. The third-order valence-electron chi connectivity index (χ3n) is 4.11. The van der Waals surface area contributed by atoms with Crippen molar-refractivity contribution in [1.29, 1.82) is 0 Å². The number of imidazole rings is 1. The molecule has 4 heteroatoms. The molecule has 1 aliphatic carbocycles. The molecule has 1 N–H and O–H groups in total. The van der Waals surface area contributed by atoms with E-state index in [9.17, 15) is 0 Å². The van der Waals surface area contributed by atoms with Gasteiger partial charge in [-0.05, 0) is 32.4 Å². The first kappa shape index (κ1) is 14.1. The molecule has 1 aromatic carbocycles. The second kappa shape index (κ2) is 6.31. The summed E-state index contributed by atoms with van der Waals surface area (Å²) in [5.74, 6) is 0.960. The van der Waals surface area contributed by atoms with Crippen LogP contribution in [0.4, 0.5) is 0 Å². The zero-order valence-corrected chi connectivity index (χ0v) is 12.7. The Morgan fingerprint density at radius 3 is 2.90 bits per heavy atom. The van der Waals surface area contributed by atoms with Crippen LogP contribution in [0.15, 0.2) is 36.8 Å². The minimum Gasteiger partial charge on any atom is -0.487 e. The fourth-order valence-corrected chi connectivity index (χ4v) is 2.76. The normalized spacial score (nSPS) is 15.9. The van der Waals surface area contributed by atoms with Crippen LogP contribution in [0.3, 0.4) is 0 Å². The van der Waals surface area contributed by atoms with E-state index in [4.69, 9.17) is 4.74 Å².